The second-order valence-corrected chi connectivity index (χ2v) is 6.74. The average molecular weight is 296 g/mol. The summed E-state index contributed by atoms with van der Waals surface area (Å²) in [6.07, 6.45) is 6.10. The number of halogens is 1. The Morgan fingerprint density at radius 1 is 1.36 bits per heavy atom. The third kappa shape index (κ3) is 4.35. The van der Waals surface area contributed by atoms with Crippen LogP contribution in [-0.2, 0) is 6.54 Å². The predicted octanol–water partition coefficient (Wildman–Crippen LogP) is 2.65. The second-order valence-electron chi connectivity index (χ2n) is 6.74. The van der Waals surface area contributed by atoms with E-state index >= 15 is 0 Å². The van der Waals surface area contributed by atoms with Crippen molar-refractivity contribution in [3.63, 3.8) is 0 Å². The molecule has 3 nitrogen and oxygen atoms in total. The molecule has 115 valence electrons. The number of hydrogen-bond acceptors (Lipinski definition) is 2. The van der Waals surface area contributed by atoms with Gasteiger partial charge in [0.05, 0.1) is 0 Å². The van der Waals surface area contributed by atoms with Gasteiger partial charge in [-0.2, -0.15) is 0 Å². The molecule has 0 aliphatic carbocycles. The topological polar surface area (TPSA) is 21.1 Å². The fourth-order valence-corrected chi connectivity index (χ4v) is 3.22. The van der Waals surface area contributed by atoms with Crippen molar-refractivity contribution in [2.24, 2.45) is 5.92 Å². The zero-order valence-electron chi connectivity index (χ0n) is 12.8. The Kier molecular flexibility index (Phi) is 5.71. The van der Waals surface area contributed by atoms with E-state index < -0.39 is 5.67 Å². The maximum absolute atomic E-state index is 13.7. The van der Waals surface area contributed by atoms with E-state index in [4.69, 9.17) is 0 Å². The molecule has 3 rings (SSSR count). The van der Waals surface area contributed by atoms with Crippen LogP contribution >= 0.6 is 0 Å². The monoisotopic (exact) mass is 296 g/mol. The van der Waals surface area contributed by atoms with E-state index in [2.05, 4.69) is 20.5 Å². The number of fused-ring (bicyclic) bond motifs is 1. The minimum absolute atomic E-state index is 0. The predicted molar refractivity (Wildman–Crippen MR) is 90.1 cm³/mol. The van der Waals surface area contributed by atoms with Gasteiger partial charge in [-0.1, -0.05) is 0 Å². The number of aromatic nitrogens is 2. The average Bonchev–Trinajstić information content (AvgIpc) is 2.83. The first-order valence-corrected chi connectivity index (χ1v) is 7.74. The van der Waals surface area contributed by atoms with Crippen LogP contribution in [0.5, 0.6) is 0 Å². The van der Waals surface area contributed by atoms with Gasteiger partial charge in [-0.25, -0.2) is 9.37 Å². The fraction of sp³-hybridized carbons (Fsp3) is 0.588. The molecule has 5 heteroatoms. The van der Waals surface area contributed by atoms with Gasteiger partial charge >= 0.3 is 18.9 Å². The molecule has 0 saturated carbocycles. The molecule has 0 N–H and O–H groups in total. The first-order valence-electron chi connectivity index (χ1n) is 7.74. The summed E-state index contributed by atoms with van der Waals surface area (Å²) >= 11 is 0. The molecular weight excluding hydrogens is 272 g/mol. The molecule has 2 aromatic rings. The van der Waals surface area contributed by atoms with Gasteiger partial charge in [0.2, 0.25) is 0 Å². The van der Waals surface area contributed by atoms with Gasteiger partial charge in [0, 0.05) is 36.9 Å². The summed E-state index contributed by atoms with van der Waals surface area (Å²) in [7, 11) is 0. The third-order valence-corrected chi connectivity index (χ3v) is 4.20. The van der Waals surface area contributed by atoms with Gasteiger partial charge in [-0.15, -0.1) is 0 Å². The molecule has 1 fully saturated rings. The molecule has 0 atom stereocenters. The first kappa shape index (κ1) is 17.5. The number of nitrogens with zero attached hydrogens (tertiary/aromatic N) is 3. The normalized spacial score (nSPS) is 17.6. The summed E-state index contributed by atoms with van der Waals surface area (Å²) in [5, 5.41) is 1.08. The molecule has 1 saturated heterocycles. The van der Waals surface area contributed by atoms with Crippen molar-refractivity contribution in [2.75, 3.05) is 19.6 Å². The van der Waals surface area contributed by atoms with Crippen LogP contribution in [0.3, 0.4) is 0 Å². The molecule has 1 aliphatic rings. The van der Waals surface area contributed by atoms with Gasteiger partial charge in [0.25, 0.3) is 0 Å². The van der Waals surface area contributed by atoms with E-state index in [1.165, 1.54) is 0 Å². The van der Waals surface area contributed by atoms with Crippen molar-refractivity contribution in [1.82, 2.24) is 14.5 Å². The van der Waals surface area contributed by atoms with Gasteiger partial charge in [0.1, 0.15) is 11.3 Å². The third-order valence-electron chi connectivity index (χ3n) is 4.20. The van der Waals surface area contributed by atoms with E-state index in [0.717, 1.165) is 43.5 Å². The van der Waals surface area contributed by atoms with Crippen molar-refractivity contribution < 1.29 is 4.39 Å². The summed E-state index contributed by atoms with van der Waals surface area (Å²) in [6.45, 7) is 6.84. The summed E-state index contributed by atoms with van der Waals surface area (Å²) in [4.78, 5) is 6.69. The fourth-order valence-electron chi connectivity index (χ4n) is 3.22. The van der Waals surface area contributed by atoms with Crippen LogP contribution in [0.2, 0.25) is 0 Å². The van der Waals surface area contributed by atoms with Crippen LogP contribution in [0.4, 0.5) is 4.39 Å². The van der Waals surface area contributed by atoms with E-state index in [0.29, 0.717) is 12.5 Å². The zero-order chi connectivity index (χ0) is 14.9. The van der Waals surface area contributed by atoms with Crippen molar-refractivity contribution in [2.45, 2.75) is 38.9 Å². The van der Waals surface area contributed by atoms with Crippen LogP contribution in [0.15, 0.2) is 24.5 Å². The van der Waals surface area contributed by atoms with E-state index in [1.807, 2.05) is 24.5 Å². The molecule has 3 heterocycles. The number of rotatable bonds is 4. The second kappa shape index (κ2) is 7.17. The number of hydrogen-bond donors (Lipinski definition) is 0. The molecule has 0 amide bonds. The summed E-state index contributed by atoms with van der Waals surface area (Å²) in [6, 6.07) is 7.25. The van der Waals surface area contributed by atoms with Crippen molar-refractivity contribution in [1.29, 1.82) is 0 Å². The summed E-state index contributed by atoms with van der Waals surface area (Å²) in [5.41, 5.74) is -0.0765. The number of alkyl halides is 1. The van der Waals surface area contributed by atoms with Crippen molar-refractivity contribution >= 4 is 29.9 Å². The van der Waals surface area contributed by atoms with Gasteiger partial charge in [-0.05, 0) is 57.8 Å². The van der Waals surface area contributed by atoms with Crippen LogP contribution in [0.25, 0.3) is 11.0 Å². The Bertz CT molecular complexity index is 597. The van der Waals surface area contributed by atoms with Crippen LogP contribution in [0, 0.1) is 12.0 Å². The molecule has 0 aromatic carbocycles. The van der Waals surface area contributed by atoms with Crippen LogP contribution in [-0.4, -0.2) is 58.6 Å². The molecule has 0 bridgehead atoms. The van der Waals surface area contributed by atoms with E-state index in [9.17, 15) is 4.39 Å². The Balaban J connectivity index is 0.00000176. The van der Waals surface area contributed by atoms with Crippen LogP contribution in [0.1, 0.15) is 26.7 Å². The van der Waals surface area contributed by atoms with E-state index in [1.54, 1.807) is 13.8 Å². The number of piperidine rings is 1. The summed E-state index contributed by atoms with van der Waals surface area (Å²) < 4.78 is 15.9. The van der Waals surface area contributed by atoms with Crippen LogP contribution < -0.4 is 0 Å². The molecule has 0 spiro atoms. The van der Waals surface area contributed by atoms with E-state index in [-0.39, 0.29) is 18.9 Å². The molecule has 1 aliphatic heterocycles. The Morgan fingerprint density at radius 3 is 2.77 bits per heavy atom. The SMILES string of the molecule is CC(C)(F)CN1CCC(Cn2c[c]c3cccnc32)CC1.[LiH]. The van der Waals surface area contributed by atoms with Gasteiger partial charge in [-0.3, -0.25) is 0 Å². The minimum atomic E-state index is -1.09. The van der Waals surface area contributed by atoms with Crippen molar-refractivity contribution in [3.8, 4) is 0 Å². The standard InChI is InChI=1S/C17H23FN3.Li.H/c1-17(2,18)13-20-9-5-14(6-10-20)12-21-11-7-15-4-3-8-19-16(15)21;;/h3-4,8,11,14H,5-6,9-10,12-13H2,1-2H3;;. The zero-order valence-corrected chi connectivity index (χ0v) is 12.8. The number of likely N-dealkylation sites (tertiary alicyclic amines) is 1. The van der Waals surface area contributed by atoms with Gasteiger partial charge < -0.3 is 9.47 Å². The Hall–Kier alpha value is -0.823. The number of pyridine rings is 1. The molecule has 1 radical (unpaired) electrons. The molecule has 22 heavy (non-hydrogen) atoms. The maximum atomic E-state index is 13.7. The summed E-state index contributed by atoms with van der Waals surface area (Å²) in [5.74, 6) is 0.648. The molecule has 0 unspecified atom stereocenters. The van der Waals surface area contributed by atoms with Gasteiger partial charge in [0.15, 0.2) is 0 Å². The van der Waals surface area contributed by atoms with Crippen molar-refractivity contribution in [3.05, 3.63) is 30.6 Å². The molecule has 2 aromatic heterocycles. The Labute approximate surface area is 144 Å². The first-order chi connectivity index (χ1) is 10.0. The Morgan fingerprint density at radius 2 is 2.09 bits per heavy atom. The quantitative estimate of drug-likeness (QED) is 0.809. The molecular formula is C17H24FLiN3.